The van der Waals surface area contributed by atoms with E-state index in [4.69, 9.17) is 9.47 Å². The van der Waals surface area contributed by atoms with Gasteiger partial charge in [-0.25, -0.2) is 14.7 Å². The van der Waals surface area contributed by atoms with Crippen LogP contribution in [0.25, 0.3) is 0 Å². The Morgan fingerprint density at radius 3 is 2.15 bits per heavy atom. The Balaban J connectivity index is 1.48. The molecule has 1 unspecified atom stereocenters. The van der Waals surface area contributed by atoms with Crippen LogP contribution >= 0.6 is 7.52 Å². The van der Waals surface area contributed by atoms with Gasteiger partial charge in [-0.05, 0) is 63.0 Å². The molecule has 15 nitrogen and oxygen atoms in total. The third-order valence-electron chi connectivity index (χ3n) is 9.38. The SMILES string of the molecule is COC(=O)[C@@H]1CCCN1C(=O)[C@H](C)NP(=O)(O)[C@H](Cc1ccccc1)NC(=O)[C@H](CCCC[NH3+])NC(=O)[C@@H]1CCCN1C(=O)OCc1ccccc1. The minimum Gasteiger partial charge on any atom is -0.467 e. The summed E-state index contributed by atoms with van der Waals surface area (Å²) in [6.07, 6.45) is 2.69. The van der Waals surface area contributed by atoms with Gasteiger partial charge in [-0.2, -0.15) is 0 Å². The summed E-state index contributed by atoms with van der Waals surface area (Å²) in [6, 6.07) is 14.1. The second-order valence-electron chi connectivity index (χ2n) is 13.2. The molecule has 0 bridgehead atoms. The molecule has 4 amide bonds. The molecule has 284 valence electrons. The first-order valence-electron chi connectivity index (χ1n) is 17.8. The Morgan fingerprint density at radius 1 is 0.904 bits per heavy atom. The molecule has 0 radical (unpaired) electrons. The number of quaternary nitrogens is 1. The van der Waals surface area contributed by atoms with Crippen molar-refractivity contribution in [2.24, 2.45) is 0 Å². The van der Waals surface area contributed by atoms with E-state index in [1.165, 1.54) is 23.8 Å². The van der Waals surface area contributed by atoms with E-state index in [0.717, 1.165) is 5.56 Å². The van der Waals surface area contributed by atoms with Gasteiger partial charge >= 0.3 is 12.1 Å². The van der Waals surface area contributed by atoms with E-state index in [0.29, 0.717) is 63.7 Å². The summed E-state index contributed by atoms with van der Waals surface area (Å²) in [7, 11) is -3.30. The van der Waals surface area contributed by atoms with Crippen molar-refractivity contribution in [2.75, 3.05) is 26.7 Å². The van der Waals surface area contributed by atoms with Crippen molar-refractivity contribution in [2.45, 2.75) is 94.8 Å². The van der Waals surface area contributed by atoms with Crippen LogP contribution in [0, 0.1) is 0 Å². The van der Waals surface area contributed by atoms with Crippen molar-refractivity contribution in [1.82, 2.24) is 25.5 Å². The maximum Gasteiger partial charge on any atom is 0.410 e. The van der Waals surface area contributed by atoms with Crippen LogP contribution in [0.5, 0.6) is 0 Å². The molecular formula is C36H52N6O9P+. The Kier molecular flexibility index (Phi) is 15.2. The molecule has 16 heteroatoms. The maximum atomic E-state index is 14.1. The molecule has 2 aliphatic heterocycles. The number of methoxy groups -OCH3 is 1. The van der Waals surface area contributed by atoms with E-state index >= 15 is 0 Å². The Labute approximate surface area is 304 Å². The van der Waals surface area contributed by atoms with E-state index in [9.17, 15) is 33.4 Å². The number of nitrogens with zero attached hydrogens (tertiary/aromatic N) is 2. The predicted molar refractivity (Wildman–Crippen MR) is 191 cm³/mol. The van der Waals surface area contributed by atoms with Gasteiger partial charge in [0.25, 0.3) is 7.52 Å². The van der Waals surface area contributed by atoms with Crippen LogP contribution in [0.15, 0.2) is 60.7 Å². The van der Waals surface area contributed by atoms with Gasteiger partial charge < -0.3 is 35.6 Å². The van der Waals surface area contributed by atoms with Crippen LogP contribution in [0.4, 0.5) is 4.79 Å². The van der Waals surface area contributed by atoms with Gasteiger partial charge in [0, 0.05) is 19.5 Å². The van der Waals surface area contributed by atoms with Crippen LogP contribution < -0.4 is 21.5 Å². The first-order chi connectivity index (χ1) is 24.9. The summed E-state index contributed by atoms with van der Waals surface area (Å²) < 4.78 is 24.4. The summed E-state index contributed by atoms with van der Waals surface area (Å²) in [4.78, 5) is 80.4. The number of likely N-dealkylation sites (tertiary alicyclic amines) is 2. The van der Waals surface area contributed by atoms with Crippen LogP contribution in [0.2, 0.25) is 0 Å². The molecule has 2 aromatic rings. The van der Waals surface area contributed by atoms with Crippen molar-refractivity contribution < 1.29 is 48.6 Å². The molecule has 2 aliphatic rings. The highest BCUT2D eigenvalue weighted by molar-refractivity contribution is 7.56. The summed E-state index contributed by atoms with van der Waals surface area (Å²) in [5, 5.41) is 8.05. The molecular weight excluding hydrogens is 691 g/mol. The minimum atomic E-state index is -4.54. The molecule has 2 fully saturated rings. The number of ether oxygens (including phenoxy) is 2. The van der Waals surface area contributed by atoms with E-state index in [1.54, 1.807) is 30.3 Å². The lowest BCUT2D eigenvalue weighted by molar-refractivity contribution is -0.368. The molecule has 4 rings (SSSR count). The normalized spacial score (nSPS) is 19.9. The molecule has 2 heterocycles. The lowest BCUT2D eigenvalue weighted by atomic mass is 10.1. The molecule has 6 atom stereocenters. The van der Waals surface area contributed by atoms with Crippen molar-refractivity contribution in [1.29, 1.82) is 0 Å². The second-order valence-corrected chi connectivity index (χ2v) is 15.3. The number of amides is 4. The van der Waals surface area contributed by atoms with Gasteiger partial charge in [0.2, 0.25) is 17.7 Å². The topological polar surface area (TPSA) is 211 Å². The number of carbonyl (C=O) groups excluding carboxylic acids is 5. The second kappa shape index (κ2) is 19.5. The van der Waals surface area contributed by atoms with E-state index in [2.05, 4.69) is 21.5 Å². The predicted octanol–water partition coefficient (Wildman–Crippen LogP) is 1.70. The summed E-state index contributed by atoms with van der Waals surface area (Å²) >= 11 is 0. The zero-order valence-corrected chi connectivity index (χ0v) is 30.8. The maximum absolute atomic E-state index is 14.1. The molecule has 0 aliphatic carbocycles. The smallest absolute Gasteiger partial charge is 0.410 e. The monoisotopic (exact) mass is 743 g/mol. The quantitative estimate of drug-likeness (QED) is 0.0899. The van der Waals surface area contributed by atoms with Crippen molar-refractivity contribution in [3.63, 3.8) is 0 Å². The number of esters is 1. The summed E-state index contributed by atoms with van der Waals surface area (Å²) in [6.45, 7) is 2.70. The highest BCUT2D eigenvalue weighted by Crippen LogP contribution is 2.43. The Bertz CT molecular complexity index is 1570. The van der Waals surface area contributed by atoms with Crippen LogP contribution in [-0.2, 0) is 46.2 Å². The zero-order valence-electron chi connectivity index (χ0n) is 29.9. The number of unbranched alkanes of at least 4 members (excludes halogenated alkanes) is 1. The average molecular weight is 744 g/mol. The fourth-order valence-electron chi connectivity index (χ4n) is 6.57. The van der Waals surface area contributed by atoms with Gasteiger partial charge in [-0.15, -0.1) is 0 Å². The number of carbonyl (C=O) groups is 5. The molecule has 7 N–H and O–H groups in total. The average Bonchev–Trinajstić information content (AvgIpc) is 3.84. The number of nitrogens with one attached hydrogen (secondary N) is 3. The number of benzene rings is 2. The van der Waals surface area contributed by atoms with Crippen molar-refractivity contribution in [3.8, 4) is 0 Å². The lowest BCUT2D eigenvalue weighted by Gasteiger charge is -2.31. The zero-order chi connectivity index (χ0) is 37.7. The van der Waals surface area contributed by atoms with E-state index in [-0.39, 0.29) is 19.4 Å². The highest BCUT2D eigenvalue weighted by Gasteiger charge is 2.42. The molecule has 0 saturated carbocycles. The number of rotatable bonds is 17. The Hall–Kier alpha value is -4.30. The standard InChI is InChI=1S/C36H51N6O9P/c1-25(34(45)41-21-12-19-30(41)35(46)50-2)40-52(48,49)31(23-26-13-5-3-6-14-26)39-32(43)28(17-9-10-20-37)38-33(44)29-18-11-22-42(29)36(47)51-24-27-15-7-4-8-16-27/h3-8,13-16,25,28-31H,9-12,17-24,37H2,1-2H3,(H,38,44)(H,39,43)(H2,40,48,49)/p+1/t25-,28-,29-,30-,31+/m0/s1. The molecule has 2 aromatic carbocycles. The highest BCUT2D eigenvalue weighted by atomic mass is 31.2. The molecule has 52 heavy (non-hydrogen) atoms. The van der Waals surface area contributed by atoms with Crippen LogP contribution in [-0.4, -0.2) is 101 Å². The summed E-state index contributed by atoms with van der Waals surface area (Å²) in [5.41, 5.74) is 5.31. The molecule has 0 spiro atoms. The third-order valence-corrected chi connectivity index (χ3v) is 11.3. The minimum absolute atomic E-state index is 0.0484. The third kappa shape index (κ3) is 11.1. The van der Waals surface area contributed by atoms with E-state index in [1.807, 2.05) is 30.3 Å². The first kappa shape index (κ1) is 40.5. The number of hydrogen-bond donors (Lipinski definition) is 5. The van der Waals surface area contributed by atoms with Crippen molar-refractivity contribution in [3.05, 3.63) is 71.8 Å². The van der Waals surface area contributed by atoms with Gasteiger partial charge in [0.15, 0.2) is 0 Å². The van der Waals surface area contributed by atoms with Gasteiger partial charge in [-0.1, -0.05) is 60.7 Å². The first-order valence-corrected chi connectivity index (χ1v) is 19.6. The van der Waals surface area contributed by atoms with Gasteiger partial charge in [0.1, 0.15) is 30.5 Å². The van der Waals surface area contributed by atoms with Crippen molar-refractivity contribution >= 4 is 37.3 Å². The van der Waals surface area contributed by atoms with Gasteiger partial charge in [-0.3, -0.25) is 23.8 Å². The fraction of sp³-hybridized carbons (Fsp3) is 0.528. The fourth-order valence-corrected chi connectivity index (χ4v) is 8.18. The molecule has 2 saturated heterocycles. The van der Waals surface area contributed by atoms with E-state index < -0.39 is 67.3 Å². The van der Waals surface area contributed by atoms with Crippen LogP contribution in [0.3, 0.4) is 0 Å². The summed E-state index contributed by atoms with van der Waals surface area (Å²) in [5.74, 6) is -3.71. The molecule has 0 aromatic heterocycles. The Morgan fingerprint density at radius 2 is 1.52 bits per heavy atom. The van der Waals surface area contributed by atoms with Crippen LogP contribution in [0.1, 0.15) is 63.0 Å². The number of hydrogen-bond acceptors (Lipinski definition) is 8. The lowest BCUT2D eigenvalue weighted by Crippen LogP contribution is -2.55. The van der Waals surface area contributed by atoms with Gasteiger partial charge in [0.05, 0.1) is 19.7 Å². The largest absolute Gasteiger partial charge is 0.467 e.